The Morgan fingerprint density at radius 2 is 2.00 bits per heavy atom. The second-order valence-corrected chi connectivity index (χ2v) is 6.37. The van der Waals surface area contributed by atoms with Crippen molar-refractivity contribution in [1.29, 1.82) is 0 Å². The van der Waals surface area contributed by atoms with E-state index in [0.29, 0.717) is 11.5 Å². The molecule has 1 aliphatic rings. The molecule has 1 atom stereocenters. The molecule has 1 unspecified atom stereocenters. The van der Waals surface area contributed by atoms with Gasteiger partial charge in [-0.3, -0.25) is 4.98 Å². The summed E-state index contributed by atoms with van der Waals surface area (Å²) >= 11 is 0. The summed E-state index contributed by atoms with van der Waals surface area (Å²) in [6.07, 6.45) is 5.91. The molecular formula is C17H29N3. The van der Waals surface area contributed by atoms with E-state index in [1.807, 2.05) is 6.20 Å². The fraction of sp³-hybridized carbons (Fsp3) is 0.706. The Kier molecular flexibility index (Phi) is 5.03. The van der Waals surface area contributed by atoms with E-state index in [-0.39, 0.29) is 0 Å². The van der Waals surface area contributed by atoms with Crippen molar-refractivity contribution in [3.05, 3.63) is 24.0 Å². The van der Waals surface area contributed by atoms with Crippen molar-refractivity contribution in [3.63, 3.8) is 0 Å². The van der Waals surface area contributed by atoms with Gasteiger partial charge in [-0.1, -0.05) is 27.2 Å². The monoisotopic (exact) mass is 275 g/mol. The molecule has 0 aliphatic carbocycles. The van der Waals surface area contributed by atoms with Crippen LogP contribution in [0.5, 0.6) is 0 Å². The van der Waals surface area contributed by atoms with Crippen molar-refractivity contribution in [2.75, 3.05) is 24.5 Å². The molecule has 2 rings (SSSR count). The van der Waals surface area contributed by atoms with Gasteiger partial charge in [0.05, 0.1) is 17.6 Å². The van der Waals surface area contributed by atoms with Gasteiger partial charge in [0, 0.05) is 19.1 Å². The van der Waals surface area contributed by atoms with Gasteiger partial charge in [0.15, 0.2) is 0 Å². The maximum atomic E-state index is 4.62. The van der Waals surface area contributed by atoms with Crippen molar-refractivity contribution in [2.45, 2.75) is 53.0 Å². The maximum Gasteiger partial charge on any atom is 0.0572 e. The minimum absolute atomic E-state index is 0.332. The van der Waals surface area contributed by atoms with Crippen LogP contribution < -0.4 is 10.2 Å². The SMILES string of the molecule is CCNC(C)c1ccc(N2CCC(C)(CC)CC2)cn1. The van der Waals surface area contributed by atoms with Gasteiger partial charge in [0.2, 0.25) is 0 Å². The first-order chi connectivity index (χ1) is 9.58. The normalized spacial score (nSPS) is 19.9. The van der Waals surface area contributed by atoms with Gasteiger partial charge >= 0.3 is 0 Å². The Bertz CT molecular complexity index is 405. The van der Waals surface area contributed by atoms with Crippen molar-refractivity contribution in [1.82, 2.24) is 10.3 Å². The van der Waals surface area contributed by atoms with Crippen LogP contribution in [0.15, 0.2) is 18.3 Å². The summed E-state index contributed by atoms with van der Waals surface area (Å²) in [6, 6.07) is 4.72. The largest absolute Gasteiger partial charge is 0.370 e. The van der Waals surface area contributed by atoms with Gasteiger partial charge in [-0.2, -0.15) is 0 Å². The average molecular weight is 275 g/mol. The van der Waals surface area contributed by atoms with E-state index in [0.717, 1.165) is 25.3 Å². The van der Waals surface area contributed by atoms with Crippen LogP contribution in [-0.4, -0.2) is 24.6 Å². The number of nitrogens with zero attached hydrogens (tertiary/aromatic N) is 2. The van der Waals surface area contributed by atoms with Crippen molar-refractivity contribution in [3.8, 4) is 0 Å². The highest BCUT2D eigenvalue weighted by Crippen LogP contribution is 2.35. The predicted molar refractivity (Wildman–Crippen MR) is 86.2 cm³/mol. The zero-order valence-electron chi connectivity index (χ0n) is 13.4. The number of anilines is 1. The first-order valence-electron chi connectivity index (χ1n) is 8.02. The molecule has 0 amide bonds. The Morgan fingerprint density at radius 3 is 2.50 bits per heavy atom. The molecule has 1 aromatic rings. The third kappa shape index (κ3) is 3.51. The molecule has 1 fully saturated rings. The molecule has 0 bridgehead atoms. The van der Waals surface area contributed by atoms with Crippen LogP contribution in [0.1, 0.15) is 58.7 Å². The standard InChI is InChI=1S/C17H29N3/c1-5-17(4)9-11-20(12-10-17)15-7-8-16(19-13-15)14(3)18-6-2/h7-8,13-14,18H,5-6,9-12H2,1-4H3. The van der Waals surface area contributed by atoms with E-state index < -0.39 is 0 Å². The number of hydrogen-bond donors (Lipinski definition) is 1. The molecule has 3 heteroatoms. The molecule has 112 valence electrons. The van der Waals surface area contributed by atoms with Gasteiger partial charge in [0.25, 0.3) is 0 Å². The molecule has 0 saturated carbocycles. The first kappa shape index (κ1) is 15.3. The minimum Gasteiger partial charge on any atom is -0.370 e. The third-order valence-electron chi connectivity index (χ3n) is 4.91. The molecule has 2 heterocycles. The first-order valence-corrected chi connectivity index (χ1v) is 8.02. The lowest BCUT2D eigenvalue weighted by Gasteiger charge is -2.40. The van der Waals surface area contributed by atoms with Crippen molar-refractivity contribution in [2.24, 2.45) is 5.41 Å². The number of aromatic nitrogens is 1. The highest BCUT2D eigenvalue weighted by atomic mass is 15.1. The van der Waals surface area contributed by atoms with Crippen molar-refractivity contribution < 1.29 is 0 Å². The highest BCUT2D eigenvalue weighted by molar-refractivity contribution is 5.45. The lowest BCUT2D eigenvalue weighted by atomic mass is 9.78. The van der Waals surface area contributed by atoms with E-state index in [1.165, 1.54) is 24.9 Å². The van der Waals surface area contributed by atoms with Gasteiger partial charge < -0.3 is 10.2 Å². The van der Waals surface area contributed by atoms with Gasteiger partial charge in [-0.25, -0.2) is 0 Å². The van der Waals surface area contributed by atoms with Crippen molar-refractivity contribution >= 4 is 5.69 Å². The maximum absolute atomic E-state index is 4.62. The molecule has 0 spiro atoms. The summed E-state index contributed by atoms with van der Waals surface area (Å²) in [5.74, 6) is 0. The van der Waals surface area contributed by atoms with E-state index >= 15 is 0 Å². The molecule has 20 heavy (non-hydrogen) atoms. The lowest BCUT2D eigenvalue weighted by Crippen LogP contribution is -2.38. The van der Waals surface area contributed by atoms with Gasteiger partial charge in [-0.15, -0.1) is 0 Å². The fourth-order valence-electron chi connectivity index (χ4n) is 2.91. The zero-order chi connectivity index (χ0) is 14.6. The summed E-state index contributed by atoms with van der Waals surface area (Å²) in [5.41, 5.74) is 2.95. The average Bonchev–Trinajstić information content (AvgIpc) is 2.48. The number of piperidine rings is 1. The molecule has 3 nitrogen and oxygen atoms in total. The molecule has 1 N–H and O–H groups in total. The van der Waals surface area contributed by atoms with Gasteiger partial charge in [-0.05, 0) is 43.9 Å². The Morgan fingerprint density at radius 1 is 1.30 bits per heavy atom. The fourth-order valence-corrected chi connectivity index (χ4v) is 2.91. The van der Waals surface area contributed by atoms with E-state index in [1.54, 1.807) is 0 Å². The Balaban J connectivity index is 1.97. The summed E-state index contributed by atoms with van der Waals surface area (Å²) in [6.45, 7) is 12.3. The summed E-state index contributed by atoms with van der Waals surface area (Å²) < 4.78 is 0. The molecule has 0 aromatic carbocycles. The summed E-state index contributed by atoms with van der Waals surface area (Å²) in [4.78, 5) is 7.10. The third-order valence-corrected chi connectivity index (χ3v) is 4.91. The topological polar surface area (TPSA) is 28.2 Å². The van der Waals surface area contributed by atoms with E-state index in [9.17, 15) is 0 Å². The quantitative estimate of drug-likeness (QED) is 0.886. The molecule has 0 radical (unpaired) electrons. The molecule has 1 saturated heterocycles. The molecule has 1 aliphatic heterocycles. The van der Waals surface area contributed by atoms with Crippen LogP contribution in [0.4, 0.5) is 5.69 Å². The predicted octanol–water partition coefficient (Wildman–Crippen LogP) is 3.77. The van der Waals surface area contributed by atoms with E-state index in [4.69, 9.17) is 0 Å². The molecule has 1 aromatic heterocycles. The van der Waals surface area contributed by atoms with Crippen LogP contribution in [0, 0.1) is 5.41 Å². The lowest BCUT2D eigenvalue weighted by molar-refractivity contribution is 0.238. The van der Waals surface area contributed by atoms with Crippen LogP contribution >= 0.6 is 0 Å². The zero-order valence-corrected chi connectivity index (χ0v) is 13.4. The second kappa shape index (κ2) is 6.57. The summed E-state index contributed by atoms with van der Waals surface area (Å²) in [5, 5.41) is 3.40. The van der Waals surface area contributed by atoms with Gasteiger partial charge in [0.1, 0.15) is 0 Å². The second-order valence-electron chi connectivity index (χ2n) is 6.37. The molecular weight excluding hydrogens is 246 g/mol. The minimum atomic E-state index is 0.332. The number of hydrogen-bond acceptors (Lipinski definition) is 3. The summed E-state index contributed by atoms with van der Waals surface area (Å²) in [7, 11) is 0. The van der Waals surface area contributed by atoms with Crippen LogP contribution in [0.2, 0.25) is 0 Å². The number of nitrogens with one attached hydrogen (secondary N) is 1. The van der Waals surface area contributed by atoms with Crippen LogP contribution in [0.3, 0.4) is 0 Å². The smallest absolute Gasteiger partial charge is 0.0572 e. The van der Waals surface area contributed by atoms with E-state index in [2.05, 4.69) is 55.0 Å². The number of rotatable bonds is 5. The highest BCUT2D eigenvalue weighted by Gasteiger charge is 2.28. The Hall–Kier alpha value is -1.09. The Labute approximate surface area is 123 Å². The number of pyridine rings is 1. The van der Waals surface area contributed by atoms with Crippen LogP contribution in [-0.2, 0) is 0 Å². The van der Waals surface area contributed by atoms with Crippen LogP contribution in [0.25, 0.3) is 0 Å².